The van der Waals surface area contributed by atoms with Gasteiger partial charge in [0.2, 0.25) is 5.91 Å². The molecule has 2 N–H and O–H groups in total. The Morgan fingerprint density at radius 3 is 2.54 bits per heavy atom. The van der Waals surface area contributed by atoms with Crippen LogP contribution in [-0.2, 0) is 11.2 Å². The Bertz CT molecular complexity index is 752. The van der Waals surface area contributed by atoms with Gasteiger partial charge in [0.15, 0.2) is 11.6 Å². The average Bonchev–Trinajstić information content (AvgIpc) is 2.95. The van der Waals surface area contributed by atoms with E-state index in [0.717, 1.165) is 6.07 Å². The number of benzene rings is 1. The van der Waals surface area contributed by atoms with E-state index < -0.39 is 23.5 Å². The fourth-order valence-corrected chi connectivity index (χ4v) is 3.70. The first kappa shape index (κ1) is 22.3. The van der Waals surface area contributed by atoms with Crippen LogP contribution in [0.3, 0.4) is 0 Å². The highest BCUT2D eigenvalue weighted by atomic mass is 35.5. The van der Waals surface area contributed by atoms with E-state index in [-0.39, 0.29) is 48.8 Å². The molecule has 2 aliphatic rings. The normalized spacial score (nSPS) is 20.1. The van der Waals surface area contributed by atoms with E-state index in [9.17, 15) is 22.8 Å². The standard InChI is InChI=1S/C18H23F3N4O2.ClH/c1-2-23-9-13-10-24(3-4-25(13)18(23)27)17(26)7-12(22)5-11-6-15(20)16(21)8-14(11)19;/h6,8,12-13H,2-5,7,9-10,22H2,1H3;1H/t12-,13?;/m1./s1. The van der Waals surface area contributed by atoms with E-state index in [1.165, 1.54) is 0 Å². The van der Waals surface area contributed by atoms with Gasteiger partial charge in [-0.05, 0) is 25.0 Å². The van der Waals surface area contributed by atoms with Gasteiger partial charge in [-0.25, -0.2) is 18.0 Å². The molecule has 10 heteroatoms. The first-order valence-corrected chi connectivity index (χ1v) is 9.02. The zero-order chi connectivity index (χ0) is 19.7. The Kier molecular flexibility index (Phi) is 7.16. The number of halogens is 4. The third kappa shape index (κ3) is 4.52. The van der Waals surface area contributed by atoms with Gasteiger partial charge in [-0.2, -0.15) is 0 Å². The highest BCUT2D eigenvalue weighted by Crippen LogP contribution is 2.21. The Balaban J connectivity index is 0.00000280. The lowest BCUT2D eigenvalue weighted by Crippen LogP contribution is -2.54. The molecule has 2 atom stereocenters. The topological polar surface area (TPSA) is 69.9 Å². The minimum absolute atomic E-state index is 0. The molecule has 3 amide bonds. The third-order valence-corrected chi connectivity index (χ3v) is 5.17. The van der Waals surface area contributed by atoms with Gasteiger partial charge in [0.1, 0.15) is 5.82 Å². The number of nitrogens with two attached hydrogens (primary N) is 1. The summed E-state index contributed by atoms with van der Waals surface area (Å²) in [6, 6.07) is 0.508. The number of nitrogens with zero attached hydrogens (tertiary/aromatic N) is 3. The molecule has 2 saturated heterocycles. The summed E-state index contributed by atoms with van der Waals surface area (Å²) in [6.45, 7) is 4.46. The molecule has 0 saturated carbocycles. The van der Waals surface area contributed by atoms with E-state index in [2.05, 4.69) is 0 Å². The molecule has 0 radical (unpaired) electrons. The Hall–Kier alpha value is -2.00. The SMILES string of the molecule is CCN1CC2CN(C(=O)C[C@H](N)Cc3cc(F)c(F)cc3F)CCN2C1=O.Cl. The number of amides is 3. The molecule has 0 aromatic heterocycles. The first-order valence-electron chi connectivity index (χ1n) is 9.02. The predicted octanol–water partition coefficient (Wildman–Crippen LogP) is 1.75. The molecule has 2 aliphatic heterocycles. The summed E-state index contributed by atoms with van der Waals surface area (Å²) in [5, 5.41) is 0. The van der Waals surface area contributed by atoms with Crippen molar-refractivity contribution in [3.05, 3.63) is 35.1 Å². The monoisotopic (exact) mass is 420 g/mol. The van der Waals surface area contributed by atoms with Crippen LogP contribution in [0, 0.1) is 17.5 Å². The number of hydrogen-bond acceptors (Lipinski definition) is 3. The van der Waals surface area contributed by atoms with Gasteiger partial charge in [-0.15, -0.1) is 12.4 Å². The van der Waals surface area contributed by atoms with Crippen LogP contribution >= 0.6 is 12.4 Å². The molecule has 0 aliphatic carbocycles. The van der Waals surface area contributed by atoms with Gasteiger partial charge in [0.25, 0.3) is 0 Å². The van der Waals surface area contributed by atoms with Crippen LogP contribution in [0.5, 0.6) is 0 Å². The van der Waals surface area contributed by atoms with Crippen molar-refractivity contribution < 1.29 is 22.8 Å². The van der Waals surface area contributed by atoms with Crippen molar-refractivity contribution in [3.63, 3.8) is 0 Å². The molecule has 0 spiro atoms. The van der Waals surface area contributed by atoms with Crippen molar-refractivity contribution in [1.82, 2.24) is 14.7 Å². The average molecular weight is 421 g/mol. The second-order valence-electron chi connectivity index (χ2n) is 7.03. The smallest absolute Gasteiger partial charge is 0.320 e. The second-order valence-corrected chi connectivity index (χ2v) is 7.03. The van der Waals surface area contributed by atoms with Gasteiger partial charge in [-0.3, -0.25) is 4.79 Å². The lowest BCUT2D eigenvalue weighted by Gasteiger charge is -2.36. The lowest BCUT2D eigenvalue weighted by atomic mass is 10.0. The predicted molar refractivity (Wildman–Crippen MR) is 99.6 cm³/mol. The quantitative estimate of drug-likeness (QED) is 0.738. The molecule has 2 fully saturated rings. The van der Waals surface area contributed by atoms with Gasteiger partial charge in [-0.1, -0.05) is 0 Å². The fourth-order valence-electron chi connectivity index (χ4n) is 3.70. The van der Waals surface area contributed by atoms with E-state index in [1.807, 2.05) is 6.92 Å². The van der Waals surface area contributed by atoms with Gasteiger partial charge < -0.3 is 20.4 Å². The van der Waals surface area contributed by atoms with Crippen LogP contribution < -0.4 is 5.73 Å². The van der Waals surface area contributed by atoms with E-state index in [0.29, 0.717) is 38.8 Å². The molecule has 1 unspecified atom stereocenters. The number of piperazine rings is 1. The molecule has 1 aromatic carbocycles. The molecule has 2 heterocycles. The molecular formula is C18H24ClF3N4O2. The number of carbonyl (C=O) groups excluding carboxylic acids is 2. The number of rotatable bonds is 5. The number of urea groups is 1. The lowest BCUT2D eigenvalue weighted by molar-refractivity contribution is -0.133. The Labute approximate surface area is 167 Å². The van der Waals surface area contributed by atoms with Crippen molar-refractivity contribution in [2.24, 2.45) is 5.73 Å². The maximum atomic E-state index is 13.7. The van der Waals surface area contributed by atoms with E-state index in [4.69, 9.17) is 5.73 Å². The van der Waals surface area contributed by atoms with Gasteiger partial charge >= 0.3 is 6.03 Å². The second kappa shape index (κ2) is 9.00. The zero-order valence-electron chi connectivity index (χ0n) is 15.5. The molecule has 156 valence electrons. The molecule has 6 nitrogen and oxygen atoms in total. The van der Waals surface area contributed by atoms with Crippen molar-refractivity contribution in [1.29, 1.82) is 0 Å². The number of carbonyl (C=O) groups is 2. The summed E-state index contributed by atoms with van der Waals surface area (Å²) < 4.78 is 40.0. The van der Waals surface area contributed by atoms with Crippen LogP contribution in [0.4, 0.5) is 18.0 Å². The number of likely N-dealkylation sites (N-methyl/N-ethyl adjacent to an activating group) is 1. The third-order valence-electron chi connectivity index (χ3n) is 5.17. The summed E-state index contributed by atoms with van der Waals surface area (Å²) in [4.78, 5) is 29.9. The van der Waals surface area contributed by atoms with Crippen LogP contribution in [0.2, 0.25) is 0 Å². The molecule has 3 rings (SSSR count). The zero-order valence-corrected chi connectivity index (χ0v) is 16.4. The summed E-state index contributed by atoms with van der Waals surface area (Å²) in [5.41, 5.74) is 5.88. The highest BCUT2D eigenvalue weighted by molar-refractivity contribution is 5.85. The van der Waals surface area contributed by atoms with Crippen LogP contribution in [0.25, 0.3) is 0 Å². The van der Waals surface area contributed by atoms with Crippen molar-refractivity contribution in [2.45, 2.75) is 31.8 Å². The molecule has 28 heavy (non-hydrogen) atoms. The minimum atomic E-state index is -1.26. The largest absolute Gasteiger partial charge is 0.339 e. The number of fused-ring (bicyclic) bond motifs is 1. The summed E-state index contributed by atoms with van der Waals surface area (Å²) in [7, 11) is 0. The summed E-state index contributed by atoms with van der Waals surface area (Å²) in [6.07, 6.45) is -0.100. The first-order chi connectivity index (χ1) is 12.8. The summed E-state index contributed by atoms with van der Waals surface area (Å²) in [5.74, 6) is -3.47. The van der Waals surface area contributed by atoms with Crippen LogP contribution in [0.15, 0.2) is 12.1 Å². The van der Waals surface area contributed by atoms with Crippen molar-refractivity contribution in [3.8, 4) is 0 Å². The van der Waals surface area contributed by atoms with Crippen molar-refractivity contribution >= 4 is 24.3 Å². The van der Waals surface area contributed by atoms with E-state index >= 15 is 0 Å². The molecule has 1 aromatic rings. The molecular weight excluding hydrogens is 397 g/mol. The van der Waals surface area contributed by atoms with Gasteiger partial charge in [0, 0.05) is 51.3 Å². The summed E-state index contributed by atoms with van der Waals surface area (Å²) >= 11 is 0. The van der Waals surface area contributed by atoms with Crippen molar-refractivity contribution in [2.75, 3.05) is 32.7 Å². The highest BCUT2D eigenvalue weighted by Gasteiger charge is 2.40. The fraction of sp³-hybridized carbons (Fsp3) is 0.556. The van der Waals surface area contributed by atoms with E-state index in [1.54, 1.807) is 14.7 Å². The Morgan fingerprint density at radius 2 is 1.86 bits per heavy atom. The van der Waals surface area contributed by atoms with Gasteiger partial charge in [0.05, 0.1) is 6.04 Å². The number of hydrogen-bond donors (Lipinski definition) is 1. The van der Waals surface area contributed by atoms with Crippen LogP contribution in [0.1, 0.15) is 18.9 Å². The molecule has 0 bridgehead atoms. The maximum absolute atomic E-state index is 13.7. The minimum Gasteiger partial charge on any atom is -0.339 e. The maximum Gasteiger partial charge on any atom is 0.320 e. The Morgan fingerprint density at radius 1 is 1.18 bits per heavy atom. The van der Waals surface area contributed by atoms with Crippen LogP contribution in [-0.4, -0.2) is 71.4 Å².